The monoisotopic (exact) mass is 337 g/mol. The summed E-state index contributed by atoms with van der Waals surface area (Å²) in [4.78, 5) is 2.14. The first-order valence-electron chi connectivity index (χ1n) is 8.25. The Kier molecular flexibility index (Phi) is 5.48. The van der Waals surface area contributed by atoms with Crippen molar-refractivity contribution in [2.45, 2.75) is 12.6 Å². The third-order valence-electron chi connectivity index (χ3n) is 4.34. The van der Waals surface area contributed by atoms with E-state index in [1.165, 1.54) is 5.56 Å². The van der Waals surface area contributed by atoms with Crippen molar-refractivity contribution in [3.63, 3.8) is 0 Å². The largest absolute Gasteiger partial charge is 0.497 e. The molecule has 0 bridgehead atoms. The molecule has 0 spiro atoms. The summed E-state index contributed by atoms with van der Waals surface area (Å²) >= 11 is 0. The standard InChI is InChI=1S/C20H23N3O2/c1-22(20(15-24)17-6-10-19(25-2)11-7-17)14-16-4-8-18(9-5-16)23-13-3-12-21-23/h3-13,20,24H,14-15H2,1-2H3/t20-/m1/s1. The first-order valence-corrected chi connectivity index (χ1v) is 8.25. The maximum atomic E-state index is 9.84. The first-order chi connectivity index (χ1) is 12.2. The van der Waals surface area contributed by atoms with Crippen LogP contribution in [-0.2, 0) is 6.54 Å². The molecular weight excluding hydrogens is 314 g/mol. The Bertz CT molecular complexity index is 768. The van der Waals surface area contributed by atoms with Crippen molar-refractivity contribution in [2.75, 3.05) is 20.8 Å². The molecule has 130 valence electrons. The number of likely N-dealkylation sites (N-methyl/N-ethyl adjacent to an activating group) is 1. The van der Waals surface area contributed by atoms with Crippen molar-refractivity contribution >= 4 is 0 Å². The van der Waals surface area contributed by atoms with Crippen LogP contribution in [0, 0.1) is 0 Å². The summed E-state index contributed by atoms with van der Waals surface area (Å²) in [7, 11) is 3.67. The maximum Gasteiger partial charge on any atom is 0.118 e. The minimum atomic E-state index is -0.0586. The van der Waals surface area contributed by atoms with Crippen molar-refractivity contribution in [3.05, 3.63) is 78.1 Å². The third-order valence-corrected chi connectivity index (χ3v) is 4.34. The van der Waals surface area contributed by atoms with E-state index in [0.717, 1.165) is 23.5 Å². The third kappa shape index (κ3) is 4.07. The van der Waals surface area contributed by atoms with Crippen LogP contribution >= 0.6 is 0 Å². The fourth-order valence-corrected chi connectivity index (χ4v) is 2.90. The molecule has 3 aromatic rings. The van der Waals surface area contributed by atoms with Gasteiger partial charge in [0.25, 0.3) is 0 Å². The van der Waals surface area contributed by atoms with E-state index in [1.807, 2.05) is 48.3 Å². The van der Waals surface area contributed by atoms with E-state index in [2.05, 4.69) is 34.3 Å². The number of ether oxygens (including phenoxy) is 1. The van der Waals surface area contributed by atoms with E-state index >= 15 is 0 Å². The Balaban J connectivity index is 1.69. The van der Waals surface area contributed by atoms with E-state index in [0.29, 0.717) is 0 Å². The minimum absolute atomic E-state index is 0.0586. The number of aromatic nitrogens is 2. The number of methoxy groups -OCH3 is 1. The van der Waals surface area contributed by atoms with Crippen LogP contribution in [0.3, 0.4) is 0 Å². The molecule has 5 nitrogen and oxygen atoms in total. The Morgan fingerprint density at radius 2 is 1.84 bits per heavy atom. The van der Waals surface area contributed by atoms with Gasteiger partial charge in [-0.2, -0.15) is 5.10 Å². The molecule has 1 N–H and O–H groups in total. The molecule has 2 aromatic carbocycles. The first kappa shape index (κ1) is 17.2. The predicted octanol–water partition coefficient (Wildman–Crippen LogP) is 3.05. The molecule has 5 heteroatoms. The summed E-state index contributed by atoms with van der Waals surface area (Å²) in [5, 5.41) is 14.1. The molecule has 1 atom stereocenters. The van der Waals surface area contributed by atoms with E-state index in [-0.39, 0.29) is 12.6 Å². The average Bonchev–Trinajstić information content (AvgIpc) is 3.18. The molecule has 0 aliphatic rings. The second kappa shape index (κ2) is 7.96. The van der Waals surface area contributed by atoms with Gasteiger partial charge in [0, 0.05) is 18.9 Å². The normalized spacial score (nSPS) is 12.3. The summed E-state index contributed by atoms with van der Waals surface area (Å²) in [5.41, 5.74) is 3.29. The molecule has 0 radical (unpaired) electrons. The van der Waals surface area contributed by atoms with Crippen LogP contribution in [0.5, 0.6) is 5.75 Å². The summed E-state index contributed by atoms with van der Waals surface area (Å²) < 4.78 is 7.03. The molecule has 25 heavy (non-hydrogen) atoms. The fraction of sp³-hybridized carbons (Fsp3) is 0.250. The van der Waals surface area contributed by atoms with Crippen molar-refractivity contribution in [1.29, 1.82) is 0 Å². The summed E-state index contributed by atoms with van der Waals surface area (Å²) in [6.07, 6.45) is 3.69. The lowest BCUT2D eigenvalue weighted by Gasteiger charge is -2.27. The highest BCUT2D eigenvalue weighted by molar-refractivity contribution is 5.34. The van der Waals surface area contributed by atoms with Crippen molar-refractivity contribution in [1.82, 2.24) is 14.7 Å². The van der Waals surface area contributed by atoms with Gasteiger partial charge in [0.1, 0.15) is 5.75 Å². The highest BCUT2D eigenvalue weighted by Crippen LogP contribution is 2.23. The zero-order valence-corrected chi connectivity index (χ0v) is 14.5. The molecule has 3 rings (SSSR count). The lowest BCUT2D eigenvalue weighted by Crippen LogP contribution is -2.26. The van der Waals surface area contributed by atoms with E-state index in [9.17, 15) is 5.11 Å². The number of aliphatic hydroxyl groups is 1. The van der Waals surface area contributed by atoms with Crippen molar-refractivity contribution < 1.29 is 9.84 Å². The highest BCUT2D eigenvalue weighted by atomic mass is 16.5. The van der Waals surface area contributed by atoms with Crippen LogP contribution in [-0.4, -0.2) is 40.6 Å². The van der Waals surface area contributed by atoms with Crippen LogP contribution < -0.4 is 4.74 Å². The van der Waals surface area contributed by atoms with Gasteiger partial charge in [-0.3, -0.25) is 4.90 Å². The Morgan fingerprint density at radius 3 is 2.40 bits per heavy atom. The molecule has 0 unspecified atom stereocenters. The van der Waals surface area contributed by atoms with Gasteiger partial charge >= 0.3 is 0 Å². The van der Waals surface area contributed by atoms with Crippen LogP contribution in [0.15, 0.2) is 67.0 Å². The molecule has 0 aliphatic heterocycles. The van der Waals surface area contributed by atoms with Gasteiger partial charge in [-0.25, -0.2) is 4.68 Å². The lowest BCUT2D eigenvalue weighted by molar-refractivity contribution is 0.142. The van der Waals surface area contributed by atoms with Gasteiger partial charge in [-0.1, -0.05) is 24.3 Å². The topological polar surface area (TPSA) is 50.5 Å². The van der Waals surface area contributed by atoms with E-state index in [1.54, 1.807) is 13.3 Å². The molecular formula is C20H23N3O2. The van der Waals surface area contributed by atoms with Crippen LogP contribution in [0.4, 0.5) is 0 Å². The number of rotatable bonds is 7. The number of aliphatic hydroxyl groups excluding tert-OH is 1. The Labute approximate surface area is 148 Å². The van der Waals surface area contributed by atoms with Gasteiger partial charge in [0.15, 0.2) is 0 Å². The number of nitrogens with zero attached hydrogens (tertiary/aromatic N) is 3. The molecule has 1 heterocycles. The minimum Gasteiger partial charge on any atom is -0.497 e. The van der Waals surface area contributed by atoms with Gasteiger partial charge in [0.05, 0.1) is 25.4 Å². The molecule has 0 fully saturated rings. The molecule has 1 aromatic heterocycles. The van der Waals surface area contributed by atoms with Crippen LogP contribution in [0.2, 0.25) is 0 Å². The molecule has 0 amide bonds. The quantitative estimate of drug-likeness (QED) is 0.720. The van der Waals surface area contributed by atoms with Crippen molar-refractivity contribution in [3.8, 4) is 11.4 Å². The van der Waals surface area contributed by atoms with Gasteiger partial charge in [-0.05, 0) is 48.5 Å². The number of hydrogen-bond acceptors (Lipinski definition) is 4. The highest BCUT2D eigenvalue weighted by Gasteiger charge is 2.16. The molecule has 0 saturated carbocycles. The lowest BCUT2D eigenvalue weighted by atomic mass is 10.1. The SMILES string of the molecule is COc1ccc([C@@H](CO)N(C)Cc2ccc(-n3cccn3)cc2)cc1. The van der Waals surface area contributed by atoms with Crippen LogP contribution in [0.25, 0.3) is 5.69 Å². The van der Waals surface area contributed by atoms with Crippen LogP contribution in [0.1, 0.15) is 17.2 Å². The summed E-state index contributed by atoms with van der Waals surface area (Å²) in [6.45, 7) is 0.810. The maximum absolute atomic E-state index is 9.84. The fourth-order valence-electron chi connectivity index (χ4n) is 2.90. The average molecular weight is 337 g/mol. The molecule has 0 saturated heterocycles. The zero-order valence-electron chi connectivity index (χ0n) is 14.5. The summed E-state index contributed by atoms with van der Waals surface area (Å²) in [6, 6.07) is 18.0. The Hall–Kier alpha value is -2.63. The number of benzene rings is 2. The second-order valence-corrected chi connectivity index (χ2v) is 6.00. The number of hydrogen-bond donors (Lipinski definition) is 1. The second-order valence-electron chi connectivity index (χ2n) is 6.00. The predicted molar refractivity (Wildman–Crippen MR) is 97.9 cm³/mol. The van der Waals surface area contributed by atoms with E-state index < -0.39 is 0 Å². The summed E-state index contributed by atoms with van der Waals surface area (Å²) in [5.74, 6) is 0.817. The Morgan fingerprint density at radius 1 is 1.12 bits per heavy atom. The zero-order chi connectivity index (χ0) is 17.6. The van der Waals surface area contributed by atoms with Gasteiger partial charge < -0.3 is 9.84 Å². The van der Waals surface area contributed by atoms with Crippen molar-refractivity contribution in [2.24, 2.45) is 0 Å². The van der Waals surface area contributed by atoms with E-state index in [4.69, 9.17) is 4.74 Å². The molecule has 0 aliphatic carbocycles. The smallest absolute Gasteiger partial charge is 0.118 e. The van der Waals surface area contributed by atoms with Gasteiger partial charge in [0.2, 0.25) is 0 Å². The van der Waals surface area contributed by atoms with Gasteiger partial charge in [-0.15, -0.1) is 0 Å².